The molecular weight excluding hydrogens is 342 g/mol. The highest BCUT2D eigenvalue weighted by molar-refractivity contribution is 6.32. The standard InChI is InChI=1S/C17H14ClN5O2/c1-11(21-17(24)16-9-25-10-20-16)8-23-5-4-15(22-23)12-2-3-13(7-19)14(18)6-12/h2-6,9-11H,8H2,1H3,(H,21,24). The van der Waals surface area contributed by atoms with E-state index in [1.54, 1.807) is 22.9 Å². The molecule has 0 fully saturated rings. The molecule has 1 unspecified atom stereocenters. The van der Waals surface area contributed by atoms with Gasteiger partial charge in [0.05, 0.1) is 22.8 Å². The van der Waals surface area contributed by atoms with E-state index in [2.05, 4.69) is 15.4 Å². The monoisotopic (exact) mass is 355 g/mol. The third-order valence-electron chi connectivity index (χ3n) is 3.53. The molecular formula is C17H14ClN5O2. The number of hydrogen-bond acceptors (Lipinski definition) is 5. The zero-order valence-electron chi connectivity index (χ0n) is 13.3. The third kappa shape index (κ3) is 3.87. The number of rotatable bonds is 5. The van der Waals surface area contributed by atoms with Gasteiger partial charge in [0.2, 0.25) is 0 Å². The molecule has 3 aromatic rings. The van der Waals surface area contributed by atoms with Gasteiger partial charge in [0.1, 0.15) is 12.3 Å². The molecule has 0 aliphatic heterocycles. The van der Waals surface area contributed by atoms with Crippen LogP contribution in [0, 0.1) is 11.3 Å². The van der Waals surface area contributed by atoms with Crippen LogP contribution in [0.5, 0.6) is 0 Å². The number of nitrogens with one attached hydrogen (secondary N) is 1. The van der Waals surface area contributed by atoms with Gasteiger partial charge >= 0.3 is 0 Å². The summed E-state index contributed by atoms with van der Waals surface area (Å²) in [6, 6.07) is 8.90. The second-order valence-electron chi connectivity index (χ2n) is 5.48. The van der Waals surface area contributed by atoms with E-state index in [0.717, 1.165) is 11.3 Å². The molecule has 0 spiro atoms. The Bertz CT molecular complexity index is 927. The van der Waals surface area contributed by atoms with E-state index in [1.807, 2.05) is 25.3 Å². The van der Waals surface area contributed by atoms with E-state index in [1.165, 1.54) is 12.7 Å². The molecule has 1 aromatic carbocycles. The summed E-state index contributed by atoms with van der Waals surface area (Å²) in [4.78, 5) is 15.7. The fourth-order valence-electron chi connectivity index (χ4n) is 2.33. The van der Waals surface area contributed by atoms with E-state index in [9.17, 15) is 4.79 Å². The smallest absolute Gasteiger partial charge is 0.273 e. The minimum absolute atomic E-state index is 0.151. The van der Waals surface area contributed by atoms with Crippen molar-refractivity contribution in [2.45, 2.75) is 19.5 Å². The quantitative estimate of drug-likeness (QED) is 0.759. The number of hydrogen-bond donors (Lipinski definition) is 1. The molecule has 0 saturated carbocycles. The van der Waals surface area contributed by atoms with Gasteiger partial charge in [0.15, 0.2) is 12.1 Å². The summed E-state index contributed by atoms with van der Waals surface area (Å²) in [5.74, 6) is -0.299. The molecule has 0 radical (unpaired) electrons. The van der Waals surface area contributed by atoms with Crippen molar-refractivity contribution in [2.75, 3.05) is 0 Å². The summed E-state index contributed by atoms with van der Waals surface area (Å²) in [5.41, 5.74) is 2.22. The molecule has 2 aromatic heterocycles. The van der Waals surface area contributed by atoms with Crippen LogP contribution in [-0.4, -0.2) is 26.7 Å². The van der Waals surface area contributed by atoms with Crippen LogP contribution in [0.15, 0.2) is 47.5 Å². The number of nitrogens with zero attached hydrogens (tertiary/aromatic N) is 4. The van der Waals surface area contributed by atoms with Crippen LogP contribution in [-0.2, 0) is 6.54 Å². The van der Waals surface area contributed by atoms with Gasteiger partial charge in [-0.2, -0.15) is 10.4 Å². The summed E-state index contributed by atoms with van der Waals surface area (Å²) in [6.45, 7) is 2.37. The predicted molar refractivity (Wildman–Crippen MR) is 90.8 cm³/mol. The van der Waals surface area contributed by atoms with Crippen LogP contribution in [0.3, 0.4) is 0 Å². The van der Waals surface area contributed by atoms with Crippen LogP contribution < -0.4 is 5.32 Å². The first-order valence-electron chi connectivity index (χ1n) is 7.49. The van der Waals surface area contributed by atoms with Gasteiger partial charge in [-0.05, 0) is 25.1 Å². The average molecular weight is 356 g/mol. The minimum atomic E-state index is -0.299. The number of nitriles is 1. The summed E-state index contributed by atoms with van der Waals surface area (Å²) in [5, 5.41) is 16.6. The molecule has 1 atom stereocenters. The molecule has 0 bridgehead atoms. The topological polar surface area (TPSA) is 96.7 Å². The first-order valence-corrected chi connectivity index (χ1v) is 7.87. The maximum Gasteiger partial charge on any atom is 0.273 e. The largest absolute Gasteiger partial charge is 0.451 e. The Kier molecular flexibility index (Phi) is 4.82. The Hall–Kier alpha value is -3.11. The minimum Gasteiger partial charge on any atom is -0.451 e. The number of carbonyl (C=O) groups excluding carboxylic acids is 1. The summed E-state index contributed by atoms with van der Waals surface area (Å²) in [7, 11) is 0. The maximum atomic E-state index is 11.9. The first kappa shape index (κ1) is 16.7. The molecule has 0 aliphatic carbocycles. The van der Waals surface area contributed by atoms with Crippen molar-refractivity contribution in [3.63, 3.8) is 0 Å². The highest BCUT2D eigenvalue weighted by atomic mass is 35.5. The van der Waals surface area contributed by atoms with Crippen molar-refractivity contribution < 1.29 is 9.21 Å². The van der Waals surface area contributed by atoms with Crippen LogP contribution in [0.2, 0.25) is 5.02 Å². The number of carbonyl (C=O) groups is 1. The predicted octanol–water partition coefficient (Wildman–Crippen LogP) is 2.88. The SMILES string of the molecule is CC(Cn1ccc(-c2ccc(C#N)c(Cl)c2)n1)NC(=O)c1cocn1. The fraction of sp³-hybridized carbons (Fsp3) is 0.176. The lowest BCUT2D eigenvalue weighted by Gasteiger charge is -2.12. The molecule has 1 N–H and O–H groups in total. The number of halogens is 1. The molecule has 126 valence electrons. The molecule has 1 amide bonds. The molecule has 2 heterocycles. The number of oxazole rings is 1. The molecule has 7 nitrogen and oxygen atoms in total. The van der Waals surface area contributed by atoms with Crippen LogP contribution in [0.1, 0.15) is 23.0 Å². The zero-order valence-corrected chi connectivity index (χ0v) is 14.1. The Morgan fingerprint density at radius 1 is 1.48 bits per heavy atom. The van der Waals surface area contributed by atoms with Crippen LogP contribution in [0.25, 0.3) is 11.3 Å². The van der Waals surface area contributed by atoms with Crippen molar-refractivity contribution in [2.24, 2.45) is 0 Å². The van der Waals surface area contributed by atoms with E-state index in [-0.39, 0.29) is 17.6 Å². The van der Waals surface area contributed by atoms with E-state index in [0.29, 0.717) is 17.1 Å². The van der Waals surface area contributed by atoms with Crippen molar-refractivity contribution in [1.29, 1.82) is 5.26 Å². The second-order valence-corrected chi connectivity index (χ2v) is 5.88. The maximum absolute atomic E-state index is 11.9. The number of benzene rings is 1. The Balaban J connectivity index is 1.66. The van der Waals surface area contributed by atoms with Gasteiger partial charge in [0.25, 0.3) is 5.91 Å². The highest BCUT2D eigenvalue weighted by Crippen LogP contribution is 2.24. The first-order chi connectivity index (χ1) is 12.1. The van der Waals surface area contributed by atoms with Gasteiger partial charge in [-0.25, -0.2) is 4.98 Å². The van der Waals surface area contributed by atoms with Gasteiger partial charge in [0, 0.05) is 17.8 Å². The molecule has 0 saturated heterocycles. The van der Waals surface area contributed by atoms with E-state index < -0.39 is 0 Å². The molecule has 8 heteroatoms. The lowest BCUT2D eigenvalue weighted by atomic mass is 10.1. The van der Waals surface area contributed by atoms with Crippen molar-refractivity contribution >= 4 is 17.5 Å². The van der Waals surface area contributed by atoms with Gasteiger partial charge < -0.3 is 9.73 Å². The second kappa shape index (κ2) is 7.20. The fourth-order valence-corrected chi connectivity index (χ4v) is 2.55. The lowest BCUT2D eigenvalue weighted by molar-refractivity contribution is 0.0931. The summed E-state index contributed by atoms with van der Waals surface area (Å²) >= 11 is 6.06. The Labute approximate surface area is 148 Å². The van der Waals surface area contributed by atoms with Crippen molar-refractivity contribution in [3.8, 4) is 17.3 Å². The highest BCUT2D eigenvalue weighted by Gasteiger charge is 2.13. The van der Waals surface area contributed by atoms with E-state index >= 15 is 0 Å². The van der Waals surface area contributed by atoms with Crippen LogP contribution in [0.4, 0.5) is 0 Å². The Morgan fingerprint density at radius 2 is 2.32 bits per heavy atom. The molecule has 25 heavy (non-hydrogen) atoms. The van der Waals surface area contributed by atoms with E-state index in [4.69, 9.17) is 21.3 Å². The number of aromatic nitrogens is 3. The average Bonchev–Trinajstić information content (AvgIpc) is 3.26. The third-order valence-corrected chi connectivity index (χ3v) is 3.84. The van der Waals surface area contributed by atoms with Crippen LogP contribution >= 0.6 is 11.6 Å². The number of amides is 1. The van der Waals surface area contributed by atoms with Crippen molar-refractivity contribution in [3.05, 3.63) is 59.4 Å². The van der Waals surface area contributed by atoms with Gasteiger partial charge in [-0.3, -0.25) is 9.48 Å². The summed E-state index contributed by atoms with van der Waals surface area (Å²) < 4.78 is 6.52. The summed E-state index contributed by atoms with van der Waals surface area (Å²) in [6.07, 6.45) is 4.32. The van der Waals surface area contributed by atoms with Gasteiger partial charge in [-0.1, -0.05) is 17.7 Å². The molecule has 0 aliphatic rings. The zero-order chi connectivity index (χ0) is 17.8. The molecule has 3 rings (SSSR count). The Morgan fingerprint density at radius 3 is 3.00 bits per heavy atom. The van der Waals surface area contributed by atoms with Gasteiger partial charge in [-0.15, -0.1) is 0 Å². The lowest BCUT2D eigenvalue weighted by Crippen LogP contribution is -2.36. The normalized spacial score (nSPS) is 11.7. The van der Waals surface area contributed by atoms with Crippen molar-refractivity contribution in [1.82, 2.24) is 20.1 Å².